The average molecular weight is 386 g/mol. The molecule has 1 saturated heterocycles. The molecule has 2 aliphatic carbocycles. The third kappa shape index (κ3) is 3.94. The Kier molecular flexibility index (Phi) is 5.19. The summed E-state index contributed by atoms with van der Waals surface area (Å²) in [5.41, 5.74) is 6.37. The second-order valence-corrected chi connectivity index (χ2v) is 8.76. The molecule has 0 bridgehead atoms. The minimum Gasteiger partial charge on any atom is -0.497 e. The van der Waals surface area contributed by atoms with Crippen LogP contribution in [0.25, 0.3) is 0 Å². The minimum absolute atomic E-state index is 0.0116. The number of carbonyl (C=O) groups is 2. The average Bonchev–Trinajstić information content (AvgIpc) is 3.53. The van der Waals surface area contributed by atoms with Gasteiger partial charge in [0.15, 0.2) is 5.78 Å². The molecule has 5 atom stereocenters. The van der Waals surface area contributed by atoms with Gasteiger partial charge in [-0.3, -0.25) is 9.59 Å². The van der Waals surface area contributed by atoms with E-state index in [-0.39, 0.29) is 11.7 Å². The standard InChI is InChI=1S/C22H30N2O4/c1-22(12-28-22)20(25)19(11-17-15-4-3-5-16(15)17)24-21(26)18(23)10-13-6-8-14(27-2)9-7-13/h6-9,15-19H,3-5,10-12,23H2,1-2H3,(H,24,26). The maximum absolute atomic E-state index is 12.9. The minimum atomic E-state index is -0.734. The summed E-state index contributed by atoms with van der Waals surface area (Å²) in [6.45, 7) is 2.24. The zero-order valence-corrected chi connectivity index (χ0v) is 16.6. The third-order valence-corrected chi connectivity index (χ3v) is 6.77. The fourth-order valence-electron chi connectivity index (χ4n) is 4.83. The van der Waals surface area contributed by atoms with Gasteiger partial charge < -0.3 is 20.5 Å². The lowest BCUT2D eigenvalue weighted by Gasteiger charge is -2.22. The van der Waals surface area contributed by atoms with Crippen LogP contribution in [-0.4, -0.2) is 43.1 Å². The molecule has 0 radical (unpaired) electrons. The molecular formula is C22H30N2O4. The molecule has 1 amide bonds. The van der Waals surface area contributed by atoms with Gasteiger partial charge in [-0.1, -0.05) is 18.6 Å². The quantitative estimate of drug-likeness (QED) is 0.632. The van der Waals surface area contributed by atoms with E-state index in [1.54, 1.807) is 14.0 Å². The highest BCUT2D eigenvalue weighted by molar-refractivity contribution is 5.97. The fourth-order valence-corrected chi connectivity index (χ4v) is 4.83. The van der Waals surface area contributed by atoms with Crippen molar-refractivity contribution in [3.8, 4) is 5.75 Å². The lowest BCUT2D eigenvalue weighted by atomic mass is 9.93. The van der Waals surface area contributed by atoms with Crippen LogP contribution >= 0.6 is 0 Å². The number of benzene rings is 1. The number of amides is 1. The van der Waals surface area contributed by atoms with Crippen LogP contribution in [-0.2, 0) is 20.7 Å². The highest BCUT2D eigenvalue weighted by Gasteiger charge is 2.56. The van der Waals surface area contributed by atoms with Gasteiger partial charge in [-0.25, -0.2) is 0 Å². The van der Waals surface area contributed by atoms with Gasteiger partial charge in [0, 0.05) is 0 Å². The zero-order valence-electron chi connectivity index (χ0n) is 16.6. The number of hydrogen-bond donors (Lipinski definition) is 2. The summed E-state index contributed by atoms with van der Waals surface area (Å²) in [6.07, 6.45) is 4.95. The van der Waals surface area contributed by atoms with Crippen LogP contribution in [0.4, 0.5) is 0 Å². The molecule has 6 heteroatoms. The summed E-state index contributed by atoms with van der Waals surface area (Å²) < 4.78 is 10.5. The van der Waals surface area contributed by atoms with Crippen LogP contribution in [0.5, 0.6) is 5.75 Å². The first-order chi connectivity index (χ1) is 13.4. The van der Waals surface area contributed by atoms with E-state index in [0.717, 1.165) is 23.1 Å². The number of carbonyl (C=O) groups excluding carboxylic acids is 2. The normalized spacial score (nSPS) is 32.2. The number of nitrogens with two attached hydrogens (primary N) is 1. The predicted molar refractivity (Wildman–Crippen MR) is 105 cm³/mol. The van der Waals surface area contributed by atoms with Crippen molar-refractivity contribution in [1.29, 1.82) is 0 Å². The number of Topliss-reactive ketones (excluding diaryl/α,β-unsaturated/α-hetero) is 1. The number of epoxide rings is 1. The summed E-state index contributed by atoms with van der Waals surface area (Å²) in [6, 6.07) is 6.30. The molecule has 3 N–H and O–H groups in total. The van der Waals surface area contributed by atoms with Gasteiger partial charge in [0.25, 0.3) is 0 Å². The molecule has 3 aliphatic rings. The van der Waals surface area contributed by atoms with Crippen LogP contribution in [0, 0.1) is 17.8 Å². The lowest BCUT2D eigenvalue weighted by Crippen LogP contribution is -2.52. The smallest absolute Gasteiger partial charge is 0.237 e. The van der Waals surface area contributed by atoms with Crippen LogP contribution in [0.1, 0.15) is 38.2 Å². The molecule has 0 spiro atoms. The number of ketones is 1. The molecule has 1 heterocycles. The Labute approximate surface area is 166 Å². The van der Waals surface area contributed by atoms with Crippen LogP contribution in [0.2, 0.25) is 0 Å². The van der Waals surface area contributed by atoms with E-state index in [4.69, 9.17) is 15.2 Å². The maximum Gasteiger partial charge on any atom is 0.237 e. The van der Waals surface area contributed by atoms with E-state index in [0.29, 0.717) is 25.4 Å². The van der Waals surface area contributed by atoms with Gasteiger partial charge in [-0.15, -0.1) is 0 Å². The van der Waals surface area contributed by atoms with Crippen molar-refractivity contribution < 1.29 is 19.1 Å². The van der Waals surface area contributed by atoms with Crippen molar-refractivity contribution >= 4 is 11.7 Å². The van der Waals surface area contributed by atoms with Crippen LogP contribution < -0.4 is 15.8 Å². The van der Waals surface area contributed by atoms with E-state index in [2.05, 4.69) is 5.32 Å². The highest BCUT2D eigenvalue weighted by atomic mass is 16.6. The topological polar surface area (TPSA) is 93.9 Å². The first-order valence-electron chi connectivity index (χ1n) is 10.3. The Bertz CT molecular complexity index is 733. The number of nitrogens with one attached hydrogen (secondary N) is 1. The van der Waals surface area contributed by atoms with Crippen molar-refractivity contribution in [2.45, 2.75) is 56.7 Å². The molecule has 5 unspecified atom stereocenters. The molecule has 1 aromatic carbocycles. The van der Waals surface area contributed by atoms with Gasteiger partial charge in [0.1, 0.15) is 11.4 Å². The van der Waals surface area contributed by atoms with Gasteiger partial charge >= 0.3 is 0 Å². The summed E-state index contributed by atoms with van der Waals surface area (Å²) in [4.78, 5) is 25.6. The van der Waals surface area contributed by atoms with Crippen molar-refractivity contribution in [2.75, 3.05) is 13.7 Å². The second kappa shape index (κ2) is 7.48. The Morgan fingerprint density at radius 2 is 1.93 bits per heavy atom. The number of rotatable bonds is 9. The predicted octanol–water partition coefficient (Wildman–Crippen LogP) is 1.84. The molecular weight excluding hydrogens is 356 g/mol. The van der Waals surface area contributed by atoms with Crippen molar-refractivity contribution in [3.63, 3.8) is 0 Å². The maximum atomic E-state index is 12.9. The van der Waals surface area contributed by atoms with Crippen molar-refractivity contribution in [1.82, 2.24) is 5.32 Å². The first kappa shape index (κ1) is 19.4. The van der Waals surface area contributed by atoms with E-state index >= 15 is 0 Å². The Morgan fingerprint density at radius 1 is 1.29 bits per heavy atom. The molecule has 6 nitrogen and oxygen atoms in total. The summed E-state index contributed by atoms with van der Waals surface area (Å²) in [5.74, 6) is 2.52. The van der Waals surface area contributed by atoms with E-state index < -0.39 is 17.7 Å². The van der Waals surface area contributed by atoms with E-state index in [1.807, 2.05) is 24.3 Å². The highest BCUT2D eigenvalue weighted by Crippen LogP contribution is 2.59. The molecule has 0 aromatic heterocycles. The molecule has 1 aromatic rings. The van der Waals surface area contributed by atoms with Crippen LogP contribution in [0.3, 0.4) is 0 Å². The molecule has 28 heavy (non-hydrogen) atoms. The zero-order chi connectivity index (χ0) is 19.9. The van der Waals surface area contributed by atoms with E-state index in [1.165, 1.54) is 19.3 Å². The molecule has 3 fully saturated rings. The third-order valence-electron chi connectivity index (χ3n) is 6.77. The largest absolute Gasteiger partial charge is 0.497 e. The number of methoxy groups -OCH3 is 1. The monoisotopic (exact) mass is 386 g/mol. The molecule has 152 valence electrons. The Balaban J connectivity index is 1.37. The summed E-state index contributed by atoms with van der Waals surface area (Å²) in [5, 5.41) is 2.95. The summed E-state index contributed by atoms with van der Waals surface area (Å²) in [7, 11) is 1.61. The molecule has 2 saturated carbocycles. The SMILES string of the molecule is COc1ccc(CC(N)C(=O)NC(CC2C3CCCC32)C(=O)C2(C)CO2)cc1. The summed E-state index contributed by atoms with van der Waals surface area (Å²) >= 11 is 0. The van der Waals surface area contributed by atoms with Crippen molar-refractivity contribution in [2.24, 2.45) is 23.5 Å². The van der Waals surface area contributed by atoms with Gasteiger partial charge in [0.2, 0.25) is 5.91 Å². The van der Waals surface area contributed by atoms with Gasteiger partial charge in [-0.05, 0) is 68.1 Å². The number of ether oxygens (including phenoxy) is 2. The Hall–Kier alpha value is -1.92. The second-order valence-electron chi connectivity index (χ2n) is 8.76. The fraction of sp³-hybridized carbons (Fsp3) is 0.636. The van der Waals surface area contributed by atoms with E-state index in [9.17, 15) is 9.59 Å². The number of fused-ring (bicyclic) bond motifs is 1. The van der Waals surface area contributed by atoms with Gasteiger partial charge in [0.05, 0.1) is 25.8 Å². The van der Waals surface area contributed by atoms with Gasteiger partial charge in [-0.2, -0.15) is 0 Å². The first-order valence-corrected chi connectivity index (χ1v) is 10.3. The lowest BCUT2D eigenvalue weighted by molar-refractivity contribution is -0.131. The van der Waals surface area contributed by atoms with Crippen molar-refractivity contribution in [3.05, 3.63) is 29.8 Å². The Morgan fingerprint density at radius 3 is 2.50 bits per heavy atom. The molecule has 1 aliphatic heterocycles. The number of hydrogen-bond acceptors (Lipinski definition) is 5. The van der Waals surface area contributed by atoms with Crippen LogP contribution in [0.15, 0.2) is 24.3 Å². The molecule has 4 rings (SSSR count).